The number of nitrogens with two attached hydrogens (primary N) is 1. The summed E-state index contributed by atoms with van der Waals surface area (Å²) in [6, 6.07) is 5.71. The molecule has 0 radical (unpaired) electrons. The Morgan fingerprint density at radius 3 is 3.00 bits per heavy atom. The smallest absolute Gasteiger partial charge is 0.237 e. The third kappa shape index (κ3) is 1.27. The first-order valence-electron chi connectivity index (χ1n) is 6.19. The molecule has 5 heteroatoms. The lowest BCUT2D eigenvalue weighted by molar-refractivity contribution is -0.120. The van der Waals surface area contributed by atoms with Gasteiger partial charge in [0.15, 0.2) is 0 Å². The Hall–Kier alpha value is -2.43. The highest BCUT2D eigenvalue weighted by Crippen LogP contribution is 2.46. The highest BCUT2D eigenvalue weighted by molar-refractivity contribution is 6.06. The molecule has 0 saturated heterocycles. The second kappa shape index (κ2) is 3.32. The molecule has 1 amide bonds. The van der Waals surface area contributed by atoms with Gasteiger partial charge in [-0.25, -0.2) is 9.97 Å². The number of nitrogens with zero attached hydrogens (tertiary/aromatic N) is 2. The van der Waals surface area contributed by atoms with Crippen molar-refractivity contribution in [2.24, 2.45) is 0 Å². The molecule has 19 heavy (non-hydrogen) atoms. The molecule has 1 atom stereocenters. The van der Waals surface area contributed by atoms with E-state index in [1.165, 1.54) is 0 Å². The number of hydrogen-bond acceptors (Lipinski definition) is 4. The molecule has 3 heterocycles. The van der Waals surface area contributed by atoms with Gasteiger partial charge in [0.25, 0.3) is 0 Å². The van der Waals surface area contributed by atoms with E-state index in [-0.39, 0.29) is 5.91 Å². The highest BCUT2D eigenvalue weighted by Gasteiger charge is 2.51. The number of aromatic nitrogens is 2. The zero-order valence-electron chi connectivity index (χ0n) is 10.2. The normalized spacial score (nSPS) is 23.3. The average molecular weight is 252 g/mol. The van der Waals surface area contributed by atoms with Gasteiger partial charge in [-0.1, -0.05) is 6.07 Å². The van der Waals surface area contributed by atoms with Crippen molar-refractivity contribution in [1.82, 2.24) is 9.97 Å². The van der Waals surface area contributed by atoms with Crippen LogP contribution in [0, 0.1) is 0 Å². The second-order valence-electron chi connectivity index (χ2n) is 5.17. The van der Waals surface area contributed by atoms with E-state index in [9.17, 15) is 4.79 Å². The highest BCUT2D eigenvalue weighted by atomic mass is 16.2. The van der Waals surface area contributed by atoms with Gasteiger partial charge in [-0.05, 0) is 36.1 Å². The summed E-state index contributed by atoms with van der Waals surface area (Å²) in [6.45, 7) is 0. The Morgan fingerprint density at radius 2 is 2.11 bits per heavy atom. The van der Waals surface area contributed by atoms with Gasteiger partial charge < -0.3 is 11.1 Å². The molecule has 0 fully saturated rings. The summed E-state index contributed by atoms with van der Waals surface area (Å²) in [6.07, 6.45) is 4.81. The van der Waals surface area contributed by atoms with Crippen LogP contribution in [0.5, 0.6) is 0 Å². The zero-order valence-corrected chi connectivity index (χ0v) is 10.2. The van der Waals surface area contributed by atoms with E-state index in [4.69, 9.17) is 5.73 Å². The zero-order chi connectivity index (χ0) is 13.0. The largest absolute Gasteiger partial charge is 0.384 e. The summed E-state index contributed by atoms with van der Waals surface area (Å²) in [5, 5.41) is 2.88. The summed E-state index contributed by atoms with van der Waals surface area (Å²) in [4.78, 5) is 20.8. The average Bonchev–Trinajstić information content (AvgIpc) is 2.90. The first-order chi connectivity index (χ1) is 9.19. The monoisotopic (exact) mass is 252 g/mol. The third-order valence-corrected chi connectivity index (χ3v) is 4.08. The van der Waals surface area contributed by atoms with Gasteiger partial charge >= 0.3 is 0 Å². The van der Waals surface area contributed by atoms with Gasteiger partial charge in [0.05, 0.1) is 5.41 Å². The van der Waals surface area contributed by atoms with E-state index in [1.54, 1.807) is 12.4 Å². The van der Waals surface area contributed by atoms with Crippen molar-refractivity contribution in [3.63, 3.8) is 0 Å². The maximum atomic E-state index is 12.4. The summed E-state index contributed by atoms with van der Waals surface area (Å²) < 4.78 is 0. The first kappa shape index (κ1) is 10.5. The molecule has 4 rings (SSSR count). The van der Waals surface area contributed by atoms with E-state index in [2.05, 4.69) is 15.3 Å². The maximum absolute atomic E-state index is 12.4. The Balaban J connectivity index is 1.88. The molecule has 0 aromatic carbocycles. The van der Waals surface area contributed by atoms with Crippen molar-refractivity contribution in [3.8, 4) is 0 Å². The second-order valence-corrected chi connectivity index (χ2v) is 5.17. The number of fused-ring (bicyclic) bond motifs is 3. The maximum Gasteiger partial charge on any atom is 0.237 e. The molecule has 0 saturated carbocycles. The molecule has 0 unspecified atom stereocenters. The van der Waals surface area contributed by atoms with Crippen LogP contribution in [0.1, 0.15) is 16.7 Å². The SMILES string of the molecule is Nc1cc2c(cn1)C[C@]1(C2)C(=O)Nc2ncccc21. The molecule has 3 N–H and O–H groups in total. The predicted molar refractivity (Wildman–Crippen MR) is 70.6 cm³/mol. The first-order valence-corrected chi connectivity index (χ1v) is 6.19. The number of anilines is 2. The van der Waals surface area contributed by atoms with Crippen LogP contribution in [0.2, 0.25) is 0 Å². The summed E-state index contributed by atoms with van der Waals surface area (Å²) >= 11 is 0. The predicted octanol–water partition coefficient (Wildman–Crippen LogP) is 1.05. The quantitative estimate of drug-likeness (QED) is 0.734. The Labute approximate surface area is 109 Å². The molecule has 5 nitrogen and oxygen atoms in total. The minimum atomic E-state index is -0.526. The fourth-order valence-corrected chi connectivity index (χ4v) is 3.17. The molecule has 2 aromatic rings. The lowest BCUT2D eigenvalue weighted by Gasteiger charge is -2.20. The molecular formula is C14H12N4O. The van der Waals surface area contributed by atoms with Crippen LogP contribution in [-0.2, 0) is 23.1 Å². The van der Waals surface area contributed by atoms with Crippen LogP contribution < -0.4 is 11.1 Å². The molecule has 94 valence electrons. The molecule has 1 spiro atoms. The fraction of sp³-hybridized carbons (Fsp3) is 0.214. The number of rotatable bonds is 0. The van der Waals surface area contributed by atoms with Crippen molar-refractivity contribution in [2.45, 2.75) is 18.3 Å². The van der Waals surface area contributed by atoms with Gasteiger partial charge in [-0.2, -0.15) is 0 Å². The number of amides is 1. The van der Waals surface area contributed by atoms with Crippen molar-refractivity contribution in [1.29, 1.82) is 0 Å². The molecule has 1 aliphatic heterocycles. The minimum absolute atomic E-state index is 0.0240. The van der Waals surface area contributed by atoms with E-state index >= 15 is 0 Å². The van der Waals surface area contributed by atoms with Gasteiger partial charge in [-0.3, -0.25) is 4.79 Å². The lowest BCUT2D eigenvalue weighted by atomic mass is 9.79. The number of pyridine rings is 2. The van der Waals surface area contributed by atoms with Crippen LogP contribution in [0.4, 0.5) is 11.6 Å². The van der Waals surface area contributed by atoms with E-state index < -0.39 is 5.41 Å². The molecule has 2 aromatic heterocycles. The van der Waals surface area contributed by atoms with Gasteiger partial charge in [0.2, 0.25) is 5.91 Å². The molecular weight excluding hydrogens is 240 g/mol. The van der Waals surface area contributed by atoms with Crippen molar-refractivity contribution < 1.29 is 4.79 Å². The van der Waals surface area contributed by atoms with Gasteiger partial charge in [0.1, 0.15) is 11.6 Å². The van der Waals surface area contributed by atoms with E-state index in [1.807, 2.05) is 18.2 Å². The standard InChI is InChI=1S/C14H12N4O/c15-11-4-8-5-14(6-9(8)7-17-11)10-2-1-3-16-12(10)18-13(14)19/h1-4,7H,5-6H2,(H2,15,17)(H,16,18,19)/t14-/m0/s1. The van der Waals surface area contributed by atoms with Crippen LogP contribution >= 0.6 is 0 Å². The number of carbonyl (C=O) groups excluding carboxylic acids is 1. The van der Waals surface area contributed by atoms with Crippen LogP contribution in [0.25, 0.3) is 0 Å². The summed E-state index contributed by atoms with van der Waals surface area (Å²) in [7, 11) is 0. The molecule has 1 aliphatic carbocycles. The number of nitrogens with one attached hydrogen (secondary N) is 1. The number of carbonyl (C=O) groups is 1. The third-order valence-electron chi connectivity index (χ3n) is 4.08. The fourth-order valence-electron chi connectivity index (χ4n) is 3.17. The van der Waals surface area contributed by atoms with Crippen LogP contribution in [0.15, 0.2) is 30.6 Å². The van der Waals surface area contributed by atoms with Crippen molar-refractivity contribution in [2.75, 3.05) is 11.1 Å². The van der Waals surface area contributed by atoms with Crippen LogP contribution in [-0.4, -0.2) is 15.9 Å². The molecule has 2 aliphatic rings. The Morgan fingerprint density at radius 1 is 1.26 bits per heavy atom. The van der Waals surface area contributed by atoms with Crippen LogP contribution in [0.3, 0.4) is 0 Å². The van der Waals surface area contributed by atoms with Crippen molar-refractivity contribution in [3.05, 3.63) is 47.3 Å². The number of nitrogen functional groups attached to an aromatic ring is 1. The number of hydrogen-bond donors (Lipinski definition) is 2. The van der Waals surface area contributed by atoms with E-state index in [0.29, 0.717) is 24.5 Å². The summed E-state index contributed by atoms with van der Waals surface area (Å²) in [5.74, 6) is 1.21. The minimum Gasteiger partial charge on any atom is -0.384 e. The summed E-state index contributed by atoms with van der Waals surface area (Å²) in [5.41, 5.74) is 8.39. The Kier molecular flexibility index (Phi) is 1.83. The van der Waals surface area contributed by atoms with Gasteiger partial charge in [-0.15, -0.1) is 0 Å². The van der Waals surface area contributed by atoms with Gasteiger partial charge in [0, 0.05) is 18.0 Å². The lowest BCUT2D eigenvalue weighted by Crippen LogP contribution is -2.35. The Bertz CT molecular complexity index is 712. The molecule has 0 bridgehead atoms. The van der Waals surface area contributed by atoms with E-state index in [0.717, 1.165) is 16.7 Å². The topological polar surface area (TPSA) is 80.9 Å². The van der Waals surface area contributed by atoms with Crippen molar-refractivity contribution >= 4 is 17.5 Å².